The van der Waals surface area contributed by atoms with E-state index in [0.717, 1.165) is 51.4 Å². The van der Waals surface area contributed by atoms with Crippen LogP contribution in [0.25, 0.3) is 10.1 Å². The number of aromatic nitrogens is 1. The number of nitrogens with one attached hydrogen (secondary N) is 1. The lowest BCUT2D eigenvalue weighted by atomic mass is 10.1. The predicted octanol–water partition coefficient (Wildman–Crippen LogP) is 4.53. The number of piperazine rings is 1. The number of unbranched alkanes of at least 4 members (excludes halogenated alkanes) is 1. The van der Waals surface area contributed by atoms with Gasteiger partial charge < -0.3 is 20.1 Å². The highest BCUT2D eigenvalue weighted by Crippen LogP contribution is 2.35. The molecule has 178 valence electrons. The van der Waals surface area contributed by atoms with Crippen LogP contribution in [-0.2, 0) is 0 Å². The van der Waals surface area contributed by atoms with Crippen LogP contribution in [-0.4, -0.2) is 66.7 Å². The summed E-state index contributed by atoms with van der Waals surface area (Å²) in [5.41, 5.74) is 0.160. The van der Waals surface area contributed by atoms with E-state index in [1.165, 1.54) is 23.3 Å². The van der Waals surface area contributed by atoms with Crippen LogP contribution in [0.15, 0.2) is 40.9 Å². The van der Waals surface area contributed by atoms with Crippen molar-refractivity contribution in [2.24, 2.45) is 0 Å². The van der Waals surface area contributed by atoms with Crippen LogP contribution in [0.5, 0.6) is 11.5 Å². The number of hydrogen-bond acceptors (Lipinski definition) is 7. The zero-order chi connectivity index (χ0) is 22.5. The highest BCUT2D eigenvalue weighted by molar-refractivity contribution is 9.10. The largest absolute Gasteiger partial charge is 0.507 e. The Labute approximate surface area is 212 Å². The maximum atomic E-state index is 12.5. The maximum Gasteiger partial charge on any atom is 0.258 e. The van der Waals surface area contributed by atoms with Crippen molar-refractivity contribution in [2.45, 2.75) is 12.8 Å². The zero-order valence-corrected chi connectivity index (χ0v) is 21.6. The van der Waals surface area contributed by atoms with E-state index >= 15 is 0 Å². The molecule has 4 rings (SSSR count). The van der Waals surface area contributed by atoms with Gasteiger partial charge in [0.05, 0.1) is 16.3 Å². The van der Waals surface area contributed by atoms with E-state index in [4.69, 9.17) is 4.74 Å². The topological polar surface area (TPSA) is 77.9 Å². The van der Waals surface area contributed by atoms with Crippen molar-refractivity contribution in [1.29, 1.82) is 0 Å². The summed E-state index contributed by atoms with van der Waals surface area (Å²) < 4.78 is 11.8. The number of carbonyl (C=O) groups excluding carboxylic acids is 1. The zero-order valence-electron chi connectivity index (χ0n) is 18.4. The Morgan fingerprint density at radius 2 is 1.94 bits per heavy atom. The number of fused-ring (bicyclic) bond motifs is 1. The van der Waals surface area contributed by atoms with Crippen LogP contribution >= 0.6 is 39.9 Å². The normalized spacial score (nSPS) is 14.2. The summed E-state index contributed by atoms with van der Waals surface area (Å²) in [6, 6.07) is 11.5. The monoisotopic (exact) mass is 554 g/mol. The van der Waals surface area contributed by atoms with Gasteiger partial charge in [-0.15, -0.1) is 12.4 Å². The van der Waals surface area contributed by atoms with Gasteiger partial charge in [-0.2, -0.15) is 4.37 Å². The summed E-state index contributed by atoms with van der Waals surface area (Å²) in [6.45, 7) is 5.55. The Bertz CT molecular complexity index is 1090. The smallest absolute Gasteiger partial charge is 0.258 e. The molecule has 3 aromatic rings. The fourth-order valence-electron chi connectivity index (χ4n) is 4.00. The molecule has 0 spiro atoms. The van der Waals surface area contributed by atoms with Crippen molar-refractivity contribution in [3.8, 4) is 11.5 Å². The molecule has 33 heavy (non-hydrogen) atoms. The average molecular weight is 556 g/mol. The molecule has 0 unspecified atom stereocenters. The number of amides is 1. The summed E-state index contributed by atoms with van der Waals surface area (Å²) >= 11 is 4.91. The molecule has 0 radical (unpaired) electrons. The Balaban J connectivity index is 0.00000306. The third kappa shape index (κ3) is 5.90. The third-order valence-electron chi connectivity index (χ3n) is 5.74. The Kier molecular flexibility index (Phi) is 9.19. The standard InChI is InChI=1S/C23H27BrN4O3S.ClH/c1-31-21-17(24)8-9-18(29)20(21)23(30)25-10-4-5-11-27-12-14-28(15-13-27)22-16-6-2-3-7-19(16)32-26-22;/h2-3,6-9,29H,4-5,10-15H2,1H3,(H,25,30);1H. The van der Waals surface area contributed by atoms with Gasteiger partial charge in [0.25, 0.3) is 5.91 Å². The quantitative estimate of drug-likeness (QED) is 0.398. The molecule has 2 heterocycles. The van der Waals surface area contributed by atoms with Crippen LogP contribution < -0.4 is 15.0 Å². The van der Waals surface area contributed by atoms with Gasteiger partial charge in [0.1, 0.15) is 22.9 Å². The molecule has 0 atom stereocenters. The summed E-state index contributed by atoms with van der Waals surface area (Å²) in [7, 11) is 1.48. The number of nitrogens with zero attached hydrogens (tertiary/aromatic N) is 3. The van der Waals surface area contributed by atoms with Crippen LogP contribution in [0.2, 0.25) is 0 Å². The maximum absolute atomic E-state index is 12.5. The summed E-state index contributed by atoms with van der Waals surface area (Å²) in [6.07, 6.45) is 1.88. The van der Waals surface area contributed by atoms with Gasteiger partial charge in [-0.1, -0.05) is 12.1 Å². The van der Waals surface area contributed by atoms with Crippen molar-refractivity contribution in [3.05, 3.63) is 46.4 Å². The minimum Gasteiger partial charge on any atom is -0.507 e. The van der Waals surface area contributed by atoms with E-state index in [2.05, 4.69) is 59.7 Å². The fourth-order valence-corrected chi connectivity index (χ4v) is 5.29. The van der Waals surface area contributed by atoms with Gasteiger partial charge in [0.15, 0.2) is 0 Å². The van der Waals surface area contributed by atoms with E-state index in [1.54, 1.807) is 17.6 Å². The van der Waals surface area contributed by atoms with Crippen molar-refractivity contribution in [3.63, 3.8) is 0 Å². The molecule has 2 N–H and O–H groups in total. The number of ether oxygens (including phenoxy) is 1. The summed E-state index contributed by atoms with van der Waals surface area (Å²) in [5, 5.41) is 14.2. The lowest BCUT2D eigenvalue weighted by molar-refractivity contribution is 0.0946. The predicted molar refractivity (Wildman–Crippen MR) is 139 cm³/mol. The molecule has 1 fully saturated rings. The first-order valence-corrected chi connectivity index (χ1v) is 12.3. The fraction of sp³-hybridized carbons (Fsp3) is 0.391. The van der Waals surface area contributed by atoms with Crippen molar-refractivity contribution in [1.82, 2.24) is 14.6 Å². The van der Waals surface area contributed by atoms with Crippen molar-refractivity contribution >= 4 is 61.7 Å². The van der Waals surface area contributed by atoms with E-state index in [9.17, 15) is 9.90 Å². The molecule has 1 saturated heterocycles. The van der Waals surface area contributed by atoms with E-state index in [0.29, 0.717) is 16.8 Å². The first kappa shape index (κ1) is 25.6. The van der Waals surface area contributed by atoms with Gasteiger partial charge in [0, 0.05) is 38.1 Å². The van der Waals surface area contributed by atoms with Crippen LogP contribution in [0.1, 0.15) is 23.2 Å². The highest BCUT2D eigenvalue weighted by atomic mass is 79.9. The van der Waals surface area contributed by atoms with Gasteiger partial charge in [-0.3, -0.25) is 9.69 Å². The first-order chi connectivity index (χ1) is 15.6. The third-order valence-corrected chi connectivity index (χ3v) is 7.18. The number of anilines is 1. The SMILES string of the molecule is COc1c(Br)ccc(O)c1C(=O)NCCCCN1CCN(c2nsc3ccccc23)CC1.Cl. The van der Waals surface area contributed by atoms with E-state index in [-0.39, 0.29) is 29.6 Å². The number of methoxy groups -OCH3 is 1. The number of aromatic hydroxyl groups is 1. The summed E-state index contributed by atoms with van der Waals surface area (Å²) in [5.74, 6) is 1.03. The molecule has 0 bridgehead atoms. The number of halogens is 2. The summed E-state index contributed by atoms with van der Waals surface area (Å²) in [4.78, 5) is 17.4. The number of hydrogen-bond donors (Lipinski definition) is 2. The van der Waals surface area contributed by atoms with Gasteiger partial charge in [0.2, 0.25) is 0 Å². The lowest BCUT2D eigenvalue weighted by Crippen LogP contribution is -2.46. The highest BCUT2D eigenvalue weighted by Gasteiger charge is 2.21. The lowest BCUT2D eigenvalue weighted by Gasteiger charge is -2.35. The minimum atomic E-state index is -0.329. The molecule has 0 saturated carbocycles. The van der Waals surface area contributed by atoms with Gasteiger partial charge in [-0.05, 0) is 71.1 Å². The molecule has 1 aliphatic heterocycles. The second-order valence-corrected chi connectivity index (χ2v) is 9.43. The van der Waals surface area contributed by atoms with Gasteiger partial charge in [-0.25, -0.2) is 0 Å². The molecular formula is C23H28BrClN4O3S. The number of phenols is 1. The molecule has 7 nitrogen and oxygen atoms in total. The number of rotatable bonds is 8. The van der Waals surface area contributed by atoms with Crippen molar-refractivity contribution < 1.29 is 14.6 Å². The van der Waals surface area contributed by atoms with E-state index in [1.807, 2.05) is 0 Å². The van der Waals surface area contributed by atoms with Crippen LogP contribution in [0.4, 0.5) is 5.82 Å². The van der Waals surface area contributed by atoms with Crippen LogP contribution in [0.3, 0.4) is 0 Å². The Morgan fingerprint density at radius 1 is 1.18 bits per heavy atom. The number of phenolic OH excluding ortho intramolecular Hbond substituents is 1. The molecule has 1 amide bonds. The second-order valence-electron chi connectivity index (χ2n) is 7.77. The minimum absolute atomic E-state index is 0. The first-order valence-electron chi connectivity index (χ1n) is 10.7. The molecule has 10 heteroatoms. The number of benzene rings is 2. The molecule has 1 aliphatic rings. The Morgan fingerprint density at radius 3 is 2.70 bits per heavy atom. The Hall–Kier alpha value is -2.07. The molecular weight excluding hydrogens is 528 g/mol. The van der Waals surface area contributed by atoms with Gasteiger partial charge >= 0.3 is 0 Å². The number of carbonyl (C=O) groups is 1. The van der Waals surface area contributed by atoms with Crippen molar-refractivity contribution in [2.75, 3.05) is 51.3 Å². The average Bonchev–Trinajstić information content (AvgIpc) is 3.24. The molecule has 2 aromatic carbocycles. The van der Waals surface area contributed by atoms with Crippen LogP contribution in [0, 0.1) is 0 Å². The molecule has 0 aliphatic carbocycles. The molecule has 1 aromatic heterocycles. The van der Waals surface area contributed by atoms with E-state index < -0.39 is 0 Å². The second kappa shape index (κ2) is 11.9.